The Hall–Kier alpha value is -3.84. The highest BCUT2D eigenvalue weighted by molar-refractivity contribution is 6.04. The van der Waals surface area contributed by atoms with Gasteiger partial charge in [0.2, 0.25) is 0 Å². The number of aromatic nitrogens is 1. The molecular weight excluding hydrogens is 450 g/mol. The molecule has 7 heteroatoms. The van der Waals surface area contributed by atoms with Gasteiger partial charge in [-0.3, -0.25) is 4.99 Å². The van der Waals surface area contributed by atoms with Crippen molar-refractivity contribution in [2.45, 2.75) is 25.3 Å². The van der Waals surface area contributed by atoms with Crippen molar-refractivity contribution in [2.24, 2.45) is 4.99 Å². The Morgan fingerprint density at radius 3 is 2.51 bits per heavy atom. The van der Waals surface area contributed by atoms with Crippen molar-refractivity contribution in [3.63, 3.8) is 0 Å². The summed E-state index contributed by atoms with van der Waals surface area (Å²) in [6, 6.07) is 14.4. The van der Waals surface area contributed by atoms with Crippen LogP contribution in [0.2, 0.25) is 0 Å². The molecule has 2 aliphatic heterocycles. The minimum atomic E-state index is -1.18. The Bertz CT molecular complexity index is 1530. The van der Waals surface area contributed by atoms with Gasteiger partial charge in [-0.25, -0.2) is 13.6 Å². The number of nitrogens with zero attached hydrogens (tertiary/aromatic N) is 2. The maximum atomic E-state index is 15.6. The monoisotopic (exact) mass is 472 g/mol. The first-order chi connectivity index (χ1) is 16.9. The second kappa shape index (κ2) is 7.85. The number of rotatable bonds is 5. The van der Waals surface area contributed by atoms with Crippen molar-refractivity contribution >= 4 is 23.1 Å². The molecule has 5 nitrogen and oxygen atoms in total. The van der Waals surface area contributed by atoms with Gasteiger partial charge in [-0.2, -0.15) is 0 Å². The summed E-state index contributed by atoms with van der Waals surface area (Å²) in [6.45, 7) is 3.58. The predicted molar refractivity (Wildman–Crippen MR) is 130 cm³/mol. The molecule has 0 radical (unpaired) electrons. The van der Waals surface area contributed by atoms with E-state index in [9.17, 15) is 14.3 Å². The van der Waals surface area contributed by atoms with Crippen molar-refractivity contribution in [3.8, 4) is 16.8 Å². The van der Waals surface area contributed by atoms with E-state index in [2.05, 4.69) is 16.5 Å². The quantitative estimate of drug-likeness (QED) is 0.394. The average Bonchev–Trinajstić information content (AvgIpc) is 3.40. The number of carboxylic acid groups (broad SMARTS) is 1. The van der Waals surface area contributed by atoms with Gasteiger partial charge in [-0.15, -0.1) is 0 Å². The molecule has 0 unspecified atom stereocenters. The second-order valence-electron chi connectivity index (χ2n) is 9.20. The van der Waals surface area contributed by atoms with Gasteiger partial charge < -0.3 is 14.4 Å². The number of hydrogen-bond acceptors (Lipinski definition) is 3. The normalized spacial score (nSPS) is 15.9. The third kappa shape index (κ3) is 3.22. The lowest BCUT2D eigenvalue weighted by atomic mass is 9.76. The van der Waals surface area contributed by atoms with E-state index in [1.807, 2.05) is 18.3 Å². The zero-order valence-corrected chi connectivity index (χ0v) is 19.0. The fourth-order valence-electron chi connectivity index (χ4n) is 5.23. The SMILES string of the molecule is CCC1(c2c(-c3ccc(C(=O)O)cc3F)c3cc4c(cc3n2-c2ccc(F)cc2)C=NC4)COC1. The van der Waals surface area contributed by atoms with E-state index >= 15 is 4.39 Å². The molecule has 1 N–H and O–H groups in total. The molecule has 0 amide bonds. The summed E-state index contributed by atoms with van der Waals surface area (Å²) in [6.07, 6.45) is 2.59. The Morgan fingerprint density at radius 2 is 1.89 bits per heavy atom. The standard InChI is InChI=1S/C28H22F2N2O3/c1-2-28(14-35-15-28)26-25(21-8-3-16(27(33)34)10-23(21)30)22-9-17-12-31-13-18(17)11-24(22)32(26)20-6-4-19(29)5-7-20/h3-11,13H,2,12,14-15H2,1H3,(H,33,34). The van der Waals surface area contributed by atoms with E-state index in [1.54, 1.807) is 18.2 Å². The van der Waals surface area contributed by atoms with Crippen LogP contribution in [0, 0.1) is 11.6 Å². The summed E-state index contributed by atoms with van der Waals surface area (Å²) in [7, 11) is 0. The minimum Gasteiger partial charge on any atom is -0.478 e. The lowest BCUT2D eigenvalue weighted by Gasteiger charge is -2.42. The smallest absolute Gasteiger partial charge is 0.335 e. The molecule has 176 valence electrons. The van der Waals surface area contributed by atoms with Crippen LogP contribution in [0.3, 0.4) is 0 Å². The Kier molecular flexibility index (Phi) is 4.86. The molecule has 35 heavy (non-hydrogen) atoms. The van der Waals surface area contributed by atoms with Gasteiger partial charge in [0.05, 0.1) is 36.3 Å². The zero-order chi connectivity index (χ0) is 24.3. The molecule has 0 aliphatic carbocycles. The van der Waals surface area contributed by atoms with E-state index in [0.717, 1.165) is 45.9 Å². The lowest BCUT2D eigenvalue weighted by molar-refractivity contribution is -0.0644. The topological polar surface area (TPSA) is 63.8 Å². The third-order valence-corrected chi connectivity index (χ3v) is 7.23. The molecule has 0 spiro atoms. The first-order valence-electron chi connectivity index (χ1n) is 11.5. The first kappa shape index (κ1) is 21.7. The summed E-state index contributed by atoms with van der Waals surface area (Å²) in [5.74, 6) is -2.13. The van der Waals surface area contributed by atoms with Crippen molar-refractivity contribution < 1.29 is 23.4 Å². The molecule has 1 saturated heterocycles. The molecule has 6 rings (SSSR count). The van der Waals surface area contributed by atoms with Crippen LogP contribution < -0.4 is 0 Å². The third-order valence-electron chi connectivity index (χ3n) is 7.23. The maximum Gasteiger partial charge on any atom is 0.335 e. The molecule has 0 saturated carbocycles. The molecule has 2 aliphatic rings. The number of fused-ring (bicyclic) bond motifs is 2. The van der Waals surface area contributed by atoms with E-state index in [4.69, 9.17) is 4.74 Å². The van der Waals surface area contributed by atoms with Crippen LogP contribution in [0.25, 0.3) is 27.7 Å². The predicted octanol–water partition coefficient (Wildman–Crippen LogP) is 5.88. The highest BCUT2D eigenvalue weighted by atomic mass is 19.1. The van der Waals surface area contributed by atoms with Crippen LogP contribution in [0.15, 0.2) is 59.6 Å². The fraction of sp³-hybridized carbons (Fsp3) is 0.214. The van der Waals surface area contributed by atoms with Gasteiger partial charge in [-0.1, -0.05) is 13.0 Å². The lowest BCUT2D eigenvalue weighted by Crippen LogP contribution is -2.47. The van der Waals surface area contributed by atoms with E-state index < -0.39 is 11.8 Å². The van der Waals surface area contributed by atoms with Crippen LogP contribution in [-0.2, 0) is 16.7 Å². The summed E-state index contributed by atoms with van der Waals surface area (Å²) in [4.78, 5) is 15.8. The number of aliphatic imine (C=N–C) groups is 1. The zero-order valence-electron chi connectivity index (χ0n) is 19.0. The number of hydrogen-bond donors (Lipinski definition) is 1. The summed E-state index contributed by atoms with van der Waals surface area (Å²) in [5.41, 5.74) is 5.09. The van der Waals surface area contributed by atoms with E-state index in [0.29, 0.717) is 30.9 Å². The largest absolute Gasteiger partial charge is 0.478 e. The number of halogens is 2. The van der Waals surface area contributed by atoms with Gasteiger partial charge in [0.15, 0.2) is 0 Å². The van der Waals surface area contributed by atoms with E-state index in [1.165, 1.54) is 18.2 Å². The summed E-state index contributed by atoms with van der Waals surface area (Å²) < 4.78 is 37.2. The molecule has 4 aromatic rings. The van der Waals surface area contributed by atoms with Crippen LogP contribution in [0.5, 0.6) is 0 Å². The van der Waals surface area contributed by atoms with Gasteiger partial charge >= 0.3 is 5.97 Å². The first-order valence-corrected chi connectivity index (χ1v) is 11.5. The number of carboxylic acids is 1. The van der Waals surface area contributed by atoms with Crippen LogP contribution in [0.1, 0.15) is 40.5 Å². The Balaban J connectivity index is 1.76. The van der Waals surface area contributed by atoms with Crippen molar-refractivity contribution in [2.75, 3.05) is 13.2 Å². The Labute approximate surface area is 200 Å². The molecule has 0 atom stereocenters. The van der Waals surface area contributed by atoms with Crippen molar-refractivity contribution in [1.82, 2.24) is 4.57 Å². The maximum absolute atomic E-state index is 15.6. The van der Waals surface area contributed by atoms with E-state index in [-0.39, 0.29) is 16.8 Å². The number of ether oxygens (including phenoxy) is 1. The Morgan fingerprint density at radius 1 is 1.11 bits per heavy atom. The van der Waals surface area contributed by atoms with Gasteiger partial charge in [-0.05, 0) is 66.1 Å². The highest BCUT2D eigenvalue weighted by Gasteiger charge is 2.44. The molecule has 0 bridgehead atoms. The van der Waals surface area contributed by atoms with Crippen LogP contribution in [0.4, 0.5) is 8.78 Å². The molecule has 3 aromatic carbocycles. The average molecular weight is 472 g/mol. The number of carbonyl (C=O) groups is 1. The molecule has 1 aromatic heterocycles. The van der Waals surface area contributed by atoms with Crippen molar-refractivity contribution in [3.05, 3.63) is 88.6 Å². The second-order valence-corrected chi connectivity index (χ2v) is 9.20. The van der Waals surface area contributed by atoms with Gasteiger partial charge in [0, 0.05) is 34.1 Å². The molecule has 3 heterocycles. The van der Waals surface area contributed by atoms with Gasteiger partial charge in [0.1, 0.15) is 11.6 Å². The summed E-state index contributed by atoms with van der Waals surface area (Å²) in [5, 5.41) is 10.2. The number of aromatic carboxylic acids is 1. The minimum absolute atomic E-state index is 0.110. The molecule has 1 fully saturated rings. The fourth-order valence-corrected chi connectivity index (χ4v) is 5.23. The highest BCUT2D eigenvalue weighted by Crippen LogP contribution is 2.48. The van der Waals surface area contributed by atoms with Crippen LogP contribution in [-0.4, -0.2) is 35.1 Å². The van der Waals surface area contributed by atoms with Gasteiger partial charge in [0.25, 0.3) is 0 Å². The molecular formula is C28H22F2N2O3. The number of benzene rings is 3. The van der Waals surface area contributed by atoms with Crippen LogP contribution >= 0.6 is 0 Å². The summed E-state index contributed by atoms with van der Waals surface area (Å²) >= 11 is 0. The van der Waals surface area contributed by atoms with Crippen molar-refractivity contribution in [1.29, 1.82) is 0 Å².